The molecule has 1 N–H and O–H groups in total. The number of ether oxygens (including phenoxy) is 3. The van der Waals surface area contributed by atoms with Crippen LogP contribution in [0.2, 0.25) is 0 Å². The highest BCUT2D eigenvalue weighted by molar-refractivity contribution is 5.98. The maximum atomic E-state index is 12.9. The molecule has 1 atom stereocenters. The van der Waals surface area contributed by atoms with E-state index in [9.17, 15) is 19.7 Å². The standard InChI is InChI=1S/C26H26N2O7/c1-3-34-26(30)20-11-14-23(28(31)32)22(16-20)27-25(29)24(33-2)15-18-9-12-21(13-10-18)35-17-19-7-5-4-6-8-19/h4-14,16,24H,3,15,17H2,1-2H3,(H,27,29). The normalized spacial score (nSPS) is 11.4. The lowest BCUT2D eigenvalue weighted by molar-refractivity contribution is -0.383. The second kappa shape index (κ2) is 12.3. The van der Waals surface area contributed by atoms with Gasteiger partial charge in [0.2, 0.25) is 0 Å². The summed E-state index contributed by atoms with van der Waals surface area (Å²) in [5.74, 6) is -0.542. The molecular weight excluding hydrogens is 452 g/mol. The minimum Gasteiger partial charge on any atom is -0.489 e. The predicted molar refractivity (Wildman–Crippen MR) is 129 cm³/mol. The Hall–Kier alpha value is -4.24. The molecule has 3 aromatic carbocycles. The lowest BCUT2D eigenvalue weighted by Crippen LogP contribution is -2.31. The number of methoxy groups -OCH3 is 1. The summed E-state index contributed by atoms with van der Waals surface area (Å²) in [6.07, 6.45) is -0.691. The van der Waals surface area contributed by atoms with Crippen LogP contribution in [0, 0.1) is 10.1 Å². The molecule has 3 aromatic rings. The van der Waals surface area contributed by atoms with Gasteiger partial charge in [0, 0.05) is 19.6 Å². The number of nitrogens with one attached hydrogen (secondary N) is 1. The summed E-state index contributed by atoms with van der Waals surface area (Å²) in [6, 6.07) is 20.7. The molecule has 0 aliphatic carbocycles. The van der Waals surface area contributed by atoms with E-state index in [-0.39, 0.29) is 30.0 Å². The van der Waals surface area contributed by atoms with E-state index in [1.807, 2.05) is 42.5 Å². The van der Waals surface area contributed by atoms with Gasteiger partial charge in [-0.25, -0.2) is 4.79 Å². The van der Waals surface area contributed by atoms with E-state index in [4.69, 9.17) is 14.2 Å². The minimum atomic E-state index is -0.919. The Balaban J connectivity index is 1.67. The van der Waals surface area contributed by atoms with Crippen molar-refractivity contribution in [3.05, 3.63) is 99.6 Å². The first-order valence-electron chi connectivity index (χ1n) is 11.0. The Kier molecular flexibility index (Phi) is 8.91. The highest BCUT2D eigenvalue weighted by atomic mass is 16.6. The van der Waals surface area contributed by atoms with Crippen LogP contribution in [0.4, 0.5) is 11.4 Å². The highest BCUT2D eigenvalue weighted by Gasteiger charge is 2.24. The SMILES string of the molecule is CCOC(=O)c1ccc([N+](=O)[O-])c(NC(=O)C(Cc2ccc(OCc3ccccc3)cc2)OC)c1. The Bertz CT molecular complexity index is 1160. The van der Waals surface area contributed by atoms with Crippen LogP contribution in [0.1, 0.15) is 28.4 Å². The number of carbonyl (C=O) groups is 2. The van der Waals surface area contributed by atoms with Crippen LogP contribution < -0.4 is 10.1 Å². The van der Waals surface area contributed by atoms with Crippen molar-refractivity contribution < 1.29 is 28.7 Å². The van der Waals surface area contributed by atoms with Gasteiger partial charge in [-0.15, -0.1) is 0 Å². The molecule has 35 heavy (non-hydrogen) atoms. The van der Waals surface area contributed by atoms with Gasteiger partial charge in [-0.05, 0) is 42.3 Å². The van der Waals surface area contributed by atoms with E-state index >= 15 is 0 Å². The van der Waals surface area contributed by atoms with Crippen LogP contribution in [-0.2, 0) is 27.3 Å². The second-order valence-electron chi connectivity index (χ2n) is 7.55. The third kappa shape index (κ3) is 7.12. The summed E-state index contributed by atoms with van der Waals surface area (Å²) in [6.45, 7) is 2.24. The van der Waals surface area contributed by atoms with Crippen LogP contribution in [-0.4, -0.2) is 36.6 Å². The third-order valence-electron chi connectivity index (χ3n) is 5.13. The van der Waals surface area contributed by atoms with E-state index < -0.39 is 22.9 Å². The van der Waals surface area contributed by atoms with Crippen molar-refractivity contribution in [1.29, 1.82) is 0 Å². The smallest absolute Gasteiger partial charge is 0.338 e. The quantitative estimate of drug-likeness (QED) is 0.244. The molecule has 9 heteroatoms. The number of benzene rings is 3. The fourth-order valence-electron chi connectivity index (χ4n) is 3.31. The van der Waals surface area contributed by atoms with Crippen LogP contribution >= 0.6 is 0 Å². The molecule has 0 radical (unpaired) electrons. The van der Waals surface area contributed by atoms with Gasteiger partial charge in [0.25, 0.3) is 11.6 Å². The number of esters is 1. The monoisotopic (exact) mass is 478 g/mol. The van der Waals surface area contributed by atoms with Crippen LogP contribution in [0.3, 0.4) is 0 Å². The number of nitro benzene ring substituents is 1. The first-order valence-corrected chi connectivity index (χ1v) is 11.0. The van der Waals surface area contributed by atoms with Crippen molar-refractivity contribution in [3.63, 3.8) is 0 Å². The van der Waals surface area contributed by atoms with Crippen molar-refractivity contribution in [1.82, 2.24) is 0 Å². The van der Waals surface area contributed by atoms with E-state index in [0.717, 1.165) is 17.2 Å². The number of nitro groups is 1. The molecule has 3 rings (SSSR count). The Morgan fingerprint density at radius 2 is 1.71 bits per heavy atom. The fourth-order valence-corrected chi connectivity index (χ4v) is 3.31. The molecule has 0 aliphatic rings. The molecular formula is C26H26N2O7. The molecule has 0 heterocycles. The zero-order chi connectivity index (χ0) is 25.2. The lowest BCUT2D eigenvalue weighted by Gasteiger charge is -2.16. The number of carbonyl (C=O) groups excluding carboxylic acids is 2. The van der Waals surface area contributed by atoms with Gasteiger partial charge in [0.05, 0.1) is 17.1 Å². The molecule has 0 fully saturated rings. The molecule has 1 amide bonds. The predicted octanol–water partition coefficient (Wildman–Crippen LogP) is 4.55. The van der Waals surface area contributed by atoms with Gasteiger partial charge in [0.15, 0.2) is 0 Å². The van der Waals surface area contributed by atoms with Crippen molar-refractivity contribution >= 4 is 23.3 Å². The van der Waals surface area contributed by atoms with Gasteiger partial charge >= 0.3 is 5.97 Å². The molecule has 1 unspecified atom stereocenters. The number of nitrogens with zero attached hydrogens (tertiary/aromatic N) is 1. The maximum absolute atomic E-state index is 12.9. The Morgan fingerprint density at radius 3 is 2.34 bits per heavy atom. The first-order chi connectivity index (χ1) is 16.9. The maximum Gasteiger partial charge on any atom is 0.338 e. The zero-order valence-electron chi connectivity index (χ0n) is 19.4. The van der Waals surface area contributed by atoms with Gasteiger partial charge in [0.1, 0.15) is 24.1 Å². The van der Waals surface area contributed by atoms with E-state index in [1.165, 1.54) is 19.2 Å². The van der Waals surface area contributed by atoms with E-state index in [2.05, 4.69) is 5.32 Å². The summed E-state index contributed by atoms with van der Waals surface area (Å²) in [5.41, 5.74) is 1.49. The van der Waals surface area contributed by atoms with Gasteiger partial charge in [-0.1, -0.05) is 42.5 Å². The third-order valence-corrected chi connectivity index (χ3v) is 5.13. The lowest BCUT2D eigenvalue weighted by atomic mass is 10.1. The highest BCUT2D eigenvalue weighted by Crippen LogP contribution is 2.26. The average Bonchev–Trinajstić information content (AvgIpc) is 2.87. The minimum absolute atomic E-state index is 0.0906. The number of amides is 1. The van der Waals surface area contributed by atoms with Crippen LogP contribution in [0.25, 0.3) is 0 Å². The molecule has 0 aliphatic heterocycles. The summed E-state index contributed by atoms with van der Waals surface area (Å²) >= 11 is 0. The number of anilines is 1. The molecule has 182 valence electrons. The largest absolute Gasteiger partial charge is 0.489 e. The zero-order valence-corrected chi connectivity index (χ0v) is 19.4. The Labute approximate surface area is 202 Å². The van der Waals surface area contributed by atoms with Gasteiger partial charge in [-0.2, -0.15) is 0 Å². The molecule has 0 bridgehead atoms. The van der Waals surface area contributed by atoms with Crippen molar-refractivity contribution in [2.75, 3.05) is 19.0 Å². The second-order valence-corrected chi connectivity index (χ2v) is 7.55. The average molecular weight is 479 g/mol. The van der Waals surface area contributed by atoms with Gasteiger partial charge in [-0.3, -0.25) is 14.9 Å². The summed E-state index contributed by atoms with van der Waals surface area (Å²) in [4.78, 5) is 35.6. The number of hydrogen-bond acceptors (Lipinski definition) is 7. The van der Waals surface area contributed by atoms with Crippen molar-refractivity contribution in [2.24, 2.45) is 0 Å². The molecule has 0 spiro atoms. The first kappa shape index (κ1) is 25.4. The molecule has 0 saturated heterocycles. The van der Waals surface area contributed by atoms with E-state index in [0.29, 0.717) is 12.4 Å². The Morgan fingerprint density at radius 1 is 1.00 bits per heavy atom. The number of rotatable bonds is 11. The molecule has 0 saturated carbocycles. The summed E-state index contributed by atoms with van der Waals surface area (Å²) < 4.78 is 16.0. The van der Waals surface area contributed by atoms with Crippen LogP contribution in [0.5, 0.6) is 5.75 Å². The van der Waals surface area contributed by atoms with Crippen molar-refractivity contribution in [2.45, 2.75) is 26.1 Å². The topological polar surface area (TPSA) is 117 Å². The van der Waals surface area contributed by atoms with Crippen molar-refractivity contribution in [3.8, 4) is 5.75 Å². The fraction of sp³-hybridized carbons (Fsp3) is 0.231. The summed E-state index contributed by atoms with van der Waals surface area (Å²) in [7, 11) is 1.38. The van der Waals surface area contributed by atoms with E-state index in [1.54, 1.807) is 19.1 Å². The molecule has 0 aromatic heterocycles. The molecule has 9 nitrogen and oxygen atoms in total. The van der Waals surface area contributed by atoms with Crippen LogP contribution in [0.15, 0.2) is 72.8 Å². The summed E-state index contributed by atoms with van der Waals surface area (Å²) in [5, 5.41) is 13.9. The van der Waals surface area contributed by atoms with Gasteiger partial charge < -0.3 is 19.5 Å². The number of hydrogen-bond donors (Lipinski definition) is 1.